The van der Waals surface area contributed by atoms with Crippen molar-refractivity contribution in [2.75, 3.05) is 19.8 Å². The van der Waals surface area contributed by atoms with Crippen molar-refractivity contribution in [2.45, 2.75) is 44.3 Å². The number of carbonyl (C=O) groups is 1. The Balaban J connectivity index is 1.66. The zero-order chi connectivity index (χ0) is 18.4. The highest BCUT2D eigenvalue weighted by atomic mass is 127. The fourth-order valence-electron chi connectivity index (χ4n) is 2.94. The van der Waals surface area contributed by atoms with Crippen LogP contribution in [0.3, 0.4) is 0 Å². The highest BCUT2D eigenvalue weighted by Gasteiger charge is 2.29. The Bertz CT molecular complexity index is 627. The minimum Gasteiger partial charge on any atom is -0.459 e. The smallest absolute Gasteiger partial charge is 0.286 e. The van der Waals surface area contributed by atoms with E-state index in [1.807, 2.05) is 6.08 Å². The Hall–Kier alpha value is -1.12. The summed E-state index contributed by atoms with van der Waals surface area (Å²) in [6.07, 6.45) is 6.03. The number of nitrogens with one attached hydrogen (secondary N) is 1. The number of allylic oxidation sites excluding steroid dienone is 1. The minimum atomic E-state index is -0.440. The highest BCUT2D eigenvalue weighted by Crippen LogP contribution is 2.32. The van der Waals surface area contributed by atoms with Crippen LogP contribution in [-0.4, -0.2) is 37.1 Å². The maximum atomic E-state index is 12.5. The van der Waals surface area contributed by atoms with Gasteiger partial charge in [0.1, 0.15) is 0 Å². The summed E-state index contributed by atoms with van der Waals surface area (Å²) in [7, 11) is 0. The average Bonchev–Trinajstić information content (AvgIpc) is 3.48. The molecule has 0 bridgehead atoms. The van der Waals surface area contributed by atoms with Crippen molar-refractivity contribution in [1.82, 2.24) is 5.32 Å². The van der Waals surface area contributed by atoms with Gasteiger partial charge >= 0.3 is 0 Å². The third kappa shape index (κ3) is 5.96. The van der Waals surface area contributed by atoms with E-state index in [1.54, 1.807) is 0 Å². The molecule has 5 nitrogen and oxygen atoms in total. The van der Waals surface area contributed by atoms with E-state index in [4.69, 9.17) is 14.6 Å². The molecule has 1 aliphatic carbocycles. The van der Waals surface area contributed by atoms with Crippen molar-refractivity contribution in [3.63, 3.8) is 0 Å². The van der Waals surface area contributed by atoms with Gasteiger partial charge in [-0.2, -0.15) is 0 Å². The van der Waals surface area contributed by atoms with Crippen LogP contribution >= 0.6 is 22.6 Å². The molecule has 2 aliphatic rings. The van der Waals surface area contributed by atoms with Gasteiger partial charge in [-0.3, -0.25) is 4.79 Å². The van der Waals surface area contributed by atoms with Gasteiger partial charge in [0.2, 0.25) is 6.29 Å². The number of hydrogen-bond donors (Lipinski definition) is 2. The van der Waals surface area contributed by atoms with Crippen LogP contribution in [0.4, 0.5) is 0 Å². The molecule has 1 aromatic rings. The molecule has 2 atom stereocenters. The number of unbranched alkanes of at least 4 members (excludes halogenated alkanes) is 1. The summed E-state index contributed by atoms with van der Waals surface area (Å²) < 4.78 is 12.8. The fourth-order valence-corrected chi connectivity index (χ4v) is 3.30. The fraction of sp³-hybridized carbons (Fsp3) is 0.550. The van der Waals surface area contributed by atoms with Crippen LogP contribution in [0.1, 0.15) is 43.6 Å². The molecule has 0 aromatic heterocycles. The normalized spacial score (nSPS) is 22.5. The molecule has 1 amide bonds. The van der Waals surface area contributed by atoms with E-state index in [-0.39, 0.29) is 18.4 Å². The maximum Gasteiger partial charge on any atom is 0.286 e. The van der Waals surface area contributed by atoms with Gasteiger partial charge in [-0.15, -0.1) is 0 Å². The number of halogens is 1. The number of aliphatic hydroxyl groups excluding tert-OH is 1. The van der Waals surface area contributed by atoms with E-state index in [9.17, 15) is 4.79 Å². The van der Waals surface area contributed by atoms with Gasteiger partial charge in [0, 0.05) is 29.1 Å². The average molecular weight is 471 g/mol. The van der Waals surface area contributed by atoms with Crippen molar-refractivity contribution >= 4 is 28.5 Å². The van der Waals surface area contributed by atoms with Crippen molar-refractivity contribution in [3.05, 3.63) is 45.2 Å². The molecule has 0 radical (unpaired) electrons. The second kappa shape index (κ2) is 9.71. The third-order valence-electron chi connectivity index (χ3n) is 4.68. The first-order valence-electron chi connectivity index (χ1n) is 9.30. The SMILES string of the molecule is O=C(NCC1CC1)C1=C[C@@H](c2ccc(I)cc2)C[C@@H](OCCCCO)O1. The number of hydrogen-bond acceptors (Lipinski definition) is 4. The molecule has 1 saturated carbocycles. The molecule has 1 aromatic carbocycles. The van der Waals surface area contributed by atoms with Gasteiger partial charge in [-0.05, 0) is 78.0 Å². The van der Waals surface area contributed by atoms with Gasteiger partial charge < -0.3 is 19.9 Å². The van der Waals surface area contributed by atoms with Crippen LogP contribution in [0, 0.1) is 9.49 Å². The lowest BCUT2D eigenvalue weighted by molar-refractivity contribution is -0.146. The first-order valence-corrected chi connectivity index (χ1v) is 10.4. The van der Waals surface area contributed by atoms with Gasteiger partial charge in [-0.1, -0.05) is 12.1 Å². The summed E-state index contributed by atoms with van der Waals surface area (Å²) in [6, 6.07) is 8.33. The molecule has 0 unspecified atom stereocenters. The molecule has 1 heterocycles. The Morgan fingerprint density at radius 2 is 2.04 bits per heavy atom. The van der Waals surface area contributed by atoms with E-state index in [0.717, 1.165) is 18.5 Å². The van der Waals surface area contributed by atoms with E-state index in [1.165, 1.54) is 16.4 Å². The lowest BCUT2D eigenvalue weighted by atomic mass is 9.93. The lowest BCUT2D eigenvalue weighted by Crippen LogP contribution is -2.34. The maximum absolute atomic E-state index is 12.5. The second-order valence-corrected chi connectivity index (χ2v) is 8.17. The molecule has 26 heavy (non-hydrogen) atoms. The van der Waals surface area contributed by atoms with E-state index in [0.29, 0.717) is 31.1 Å². The summed E-state index contributed by atoms with van der Waals surface area (Å²) in [5.41, 5.74) is 1.16. The van der Waals surface area contributed by atoms with Gasteiger partial charge in [-0.25, -0.2) is 0 Å². The standard InChI is InChI=1S/C20H26INO4/c21-17-7-5-15(6-8-17)16-11-18(20(24)22-13-14-3-4-14)26-19(12-16)25-10-2-1-9-23/h5-8,11,14,16,19,23H,1-4,9-10,12-13H2,(H,22,24)/t16-,19+/m1/s1. The first kappa shape index (κ1) is 19.6. The number of rotatable bonds is 9. The van der Waals surface area contributed by atoms with Crippen LogP contribution < -0.4 is 5.32 Å². The van der Waals surface area contributed by atoms with Crippen LogP contribution in [0.15, 0.2) is 36.1 Å². The summed E-state index contributed by atoms with van der Waals surface area (Å²) >= 11 is 2.29. The molecule has 6 heteroatoms. The molecule has 142 valence electrons. The van der Waals surface area contributed by atoms with Gasteiger partial charge in [0.05, 0.1) is 6.61 Å². The van der Waals surface area contributed by atoms with Crippen molar-refractivity contribution < 1.29 is 19.4 Å². The monoisotopic (exact) mass is 471 g/mol. The summed E-state index contributed by atoms with van der Waals surface area (Å²) in [5, 5.41) is 11.9. The number of benzene rings is 1. The Morgan fingerprint density at radius 3 is 2.73 bits per heavy atom. The predicted octanol–water partition coefficient (Wildman–Crippen LogP) is 3.32. The van der Waals surface area contributed by atoms with Crippen LogP contribution in [0.5, 0.6) is 0 Å². The Morgan fingerprint density at radius 1 is 1.27 bits per heavy atom. The van der Waals surface area contributed by atoms with Crippen LogP contribution in [-0.2, 0) is 14.3 Å². The molecule has 2 N–H and O–H groups in total. The molecule has 3 rings (SSSR count). The molecular formula is C20H26INO4. The molecular weight excluding hydrogens is 445 g/mol. The van der Waals surface area contributed by atoms with E-state index in [2.05, 4.69) is 52.2 Å². The van der Waals surface area contributed by atoms with E-state index < -0.39 is 6.29 Å². The van der Waals surface area contributed by atoms with Crippen molar-refractivity contribution in [3.8, 4) is 0 Å². The van der Waals surface area contributed by atoms with Gasteiger partial charge in [0.15, 0.2) is 5.76 Å². The van der Waals surface area contributed by atoms with Gasteiger partial charge in [0.25, 0.3) is 5.91 Å². The Labute approximate surface area is 168 Å². The van der Waals surface area contributed by atoms with Crippen LogP contribution in [0.25, 0.3) is 0 Å². The molecule has 1 fully saturated rings. The molecule has 1 aliphatic heterocycles. The number of aliphatic hydroxyl groups is 1. The van der Waals surface area contributed by atoms with Crippen LogP contribution in [0.2, 0.25) is 0 Å². The number of carbonyl (C=O) groups excluding carboxylic acids is 1. The predicted molar refractivity (Wildman–Crippen MR) is 107 cm³/mol. The summed E-state index contributed by atoms with van der Waals surface area (Å²) in [6.45, 7) is 1.40. The largest absolute Gasteiger partial charge is 0.459 e. The van der Waals surface area contributed by atoms with Crippen molar-refractivity contribution in [2.24, 2.45) is 5.92 Å². The Kier molecular flexibility index (Phi) is 7.33. The molecule has 0 saturated heterocycles. The second-order valence-electron chi connectivity index (χ2n) is 6.93. The topological polar surface area (TPSA) is 67.8 Å². The van der Waals surface area contributed by atoms with E-state index >= 15 is 0 Å². The quantitative estimate of drug-likeness (QED) is 0.429. The van der Waals surface area contributed by atoms with Crippen molar-refractivity contribution in [1.29, 1.82) is 0 Å². The first-order chi connectivity index (χ1) is 12.7. The highest BCUT2D eigenvalue weighted by molar-refractivity contribution is 14.1. The summed E-state index contributed by atoms with van der Waals surface area (Å²) in [4.78, 5) is 12.5. The molecule has 0 spiro atoms. The lowest BCUT2D eigenvalue weighted by Gasteiger charge is -2.29. The zero-order valence-electron chi connectivity index (χ0n) is 14.8. The summed E-state index contributed by atoms with van der Waals surface area (Å²) in [5.74, 6) is 0.912. The number of amides is 1. The number of ether oxygens (including phenoxy) is 2. The zero-order valence-corrected chi connectivity index (χ0v) is 17.0. The third-order valence-corrected chi connectivity index (χ3v) is 5.40. The minimum absolute atomic E-state index is 0.0882.